The average molecular weight is 500 g/mol. The number of hydrogen-bond acceptors (Lipinski definition) is 6. The predicted molar refractivity (Wildman–Crippen MR) is 138 cm³/mol. The molecule has 0 bridgehead atoms. The summed E-state index contributed by atoms with van der Waals surface area (Å²) in [7, 11) is 0. The van der Waals surface area contributed by atoms with Crippen LogP contribution in [0.25, 0.3) is 10.9 Å². The first kappa shape index (κ1) is 24.3. The van der Waals surface area contributed by atoms with Gasteiger partial charge >= 0.3 is 0 Å². The molecule has 2 aliphatic rings. The molecule has 5 rings (SSSR count). The minimum absolute atomic E-state index is 0.0191. The van der Waals surface area contributed by atoms with E-state index in [1.54, 1.807) is 6.07 Å². The molecule has 7 nitrogen and oxygen atoms in total. The number of halogens is 1. The van der Waals surface area contributed by atoms with Gasteiger partial charge in [0.15, 0.2) is 5.82 Å². The second-order valence-electron chi connectivity index (χ2n) is 9.95. The number of fused-ring (bicyclic) bond motifs is 2. The normalized spacial score (nSPS) is 19.5. The van der Waals surface area contributed by atoms with Crippen LogP contribution in [-0.2, 0) is 24.0 Å². The van der Waals surface area contributed by atoms with E-state index in [0.717, 1.165) is 48.9 Å². The van der Waals surface area contributed by atoms with Gasteiger partial charge in [-0.3, -0.25) is 0 Å². The molecule has 1 unspecified atom stereocenters. The van der Waals surface area contributed by atoms with Crippen LogP contribution in [0.4, 0.5) is 16.2 Å². The molecule has 3 aromatic rings. The molecule has 9 heteroatoms. The highest BCUT2D eigenvalue weighted by Crippen LogP contribution is 2.38. The van der Waals surface area contributed by atoms with Gasteiger partial charge in [0.2, 0.25) is 10.8 Å². The van der Waals surface area contributed by atoms with Crippen LogP contribution >= 0.6 is 0 Å². The number of H-pyrrole nitrogens is 1. The smallest absolute Gasteiger partial charge is 0.227 e. The number of aromatic amines is 1. The van der Waals surface area contributed by atoms with E-state index in [9.17, 15) is 14.0 Å². The molecule has 2 aromatic heterocycles. The van der Waals surface area contributed by atoms with Crippen molar-refractivity contribution < 1.29 is 14.0 Å². The number of nitrogens with zero attached hydrogens (tertiary/aromatic N) is 3. The lowest BCUT2D eigenvalue weighted by atomic mass is 9.87. The Labute approximate surface area is 208 Å². The Hall–Kier alpha value is -2.36. The number of aliphatic hydroxyl groups excluding tert-OH is 1. The predicted octanol–water partition coefficient (Wildman–Crippen LogP) is 4.14. The summed E-state index contributed by atoms with van der Waals surface area (Å²) in [5.41, 5.74) is 4.28. The van der Waals surface area contributed by atoms with Crippen LogP contribution in [-0.4, -0.2) is 56.1 Å². The van der Waals surface area contributed by atoms with Crippen LogP contribution < -0.4 is 10.2 Å². The molecule has 0 aliphatic carbocycles. The first-order valence-electron chi connectivity index (χ1n) is 12.6. The number of benzene rings is 1. The summed E-state index contributed by atoms with van der Waals surface area (Å²) in [6.45, 7) is 7.79. The van der Waals surface area contributed by atoms with Crippen LogP contribution in [0.5, 0.6) is 0 Å². The summed E-state index contributed by atoms with van der Waals surface area (Å²) in [4.78, 5) is 16.0. The molecule has 0 amide bonds. The van der Waals surface area contributed by atoms with Gasteiger partial charge in [0.1, 0.15) is 17.3 Å². The molecule has 188 valence electrons. The molecule has 2 aliphatic heterocycles. The van der Waals surface area contributed by atoms with E-state index in [1.165, 1.54) is 17.3 Å². The SMILES string of the molecule is CCc1[nH]c2ccc(F)cc2c1C1CCN(c2nc3c(c(N[C@@H](CO)C(C)C)n2)[S+]([O-])CC3)CC1. The van der Waals surface area contributed by atoms with Crippen molar-refractivity contribution in [2.45, 2.75) is 63.3 Å². The fraction of sp³-hybridized carbons (Fsp3) is 0.538. The molecule has 1 saturated heterocycles. The summed E-state index contributed by atoms with van der Waals surface area (Å²) >= 11 is -1.12. The van der Waals surface area contributed by atoms with E-state index in [0.29, 0.717) is 34.8 Å². The number of anilines is 2. The Morgan fingerprint density at radius 2 is 2.06 bits per heavy atom. The first-order chi connectivity index (χ1) is 16.9. The Morgan fingerprint density at radius 1 is 1.29 bits per heavy atom. The van der Waals surface area contributed by atoms with Crippen molar-refractivity contribution in [3.63, 3.8) is 0 Å². The lowest BCUT2D eigenvalue weighted by Crippen LogP contribution is -2.35. The molecule has 1 fully saturated rings. The van der Waals surface area contributed by atoms with Gasteiger partial charge in [-0.25, -0.2) is 9.37 Å². The largest absolute Gasteiger partial charge is 0.611 e. The Kier molecular flexibility index (Phi) is 6.92. The third-order valence-electron chi connectivity index (χ3n) is 7.42. The van der Waals surface area contributed by atoms with Crippen LogP contribution in [0.3, 0.4) is 0 Å². The van der Waals surface area contributed by atoms with Crippen molar-refractivity contribution >= 4 is 33.8 Å². The number of aliphatic hydroxyl groups is 1. The maximum atomic E-state index is 14.0. The first-order valence-corrected chi connectivity index (χ1v) is 13.9. The minimum atomic E-state index is -1.12. The monoisotopic (exact) mass is 499 g/mol. The van der Waals surface area contributed by atoms with Gasteiger partial charge in [-0.15, -0.1) is 0 Å². The molecule has 0 spiro atoms. The maximum Gasteiger partial charge on any atom is 0.227 e. The molecular weight excluding hydrogens is 465 g/mol. The Bertz CT molecular complexity index is 1210. The fourth-order valence-electron chi connectivity index (χ4n) is 5.38. The zero-order valence-corrected chi connectivity index (χ0v) is 21.4. The lowest BCUT2D eigenvalue weighted by Gasteiger charge is -2.33. The summed E-state index contributed by atoms with van der Waals surface area (Å²) in [6, 6.07) is 4.83. The number of rotatable bonds is 7. The summed E-state index contributed by atoms with van der Waals surface area (Å²) < 4.78 is 26.7. The lowest BCUT2D eigenvalue weighted by molar-refractivity contribution is 0.248. The van der Waals surface area contributed by atoms with Gasteiger partial charge in [0.05, 0.1) is 12.6 Å². The van der Waals surface area contributed by atoms with Crippen LogP contribution in [0.1, 0.15) is 56.5 Å². The molecule has 0 radical (unpaired) electrons. The van der Waals surface area contributed by atoms with Crippen molar-refractivity contribution in [3.05, 3.63) is 41.0 Å². The maximum absolute atomic E-state index is 14.0. The van der Waals surface area contributed by atoms with Crippen molar-refractivity contribution in [2.24, 2.45) is 5.92 Å². The summed E-state index contributed by atoms with van der Waals surface area (Å²) in [5, 5.41) is 14.2. The zero-order valence-electron chi connectivity index (χ0n) is 20.6. The minimum Gasteiger partial charge on any atom is -0.611 e. The third-order valence-corrected chi connectivity index (χ3v) is 8.88. The highest BCUT2D eigenvalue weighted by Gasteiger charge is 2.35. The second-order valence-corrected chi connectivity index (χ2v) is 11.5. The number of aryl methyl sites for hydroxylation is 2. The topological polar surface area (TPSA) is 100 Å². The van der Waals surface area contributed by atoms with Crippen molar-refractivity contribution in [1.82, 2.24) is 15.0 Å². The molecular formula is C26H34FN5O2S. The molecule has 4 heterocycles. The third kappa shape index (κ3) is 4.61. The van der Waals surface area contributed by atoms with Gasteiger partial charge in [-0.1, -0.05) is 20.8 Å². The number of hydrogen-bond donors (Lipinski definition) is 3. The summed E-state index contributed by atoms with van der Waals surface area (Å²) in [5.74, 6) is 2.15. The average Bonchev–Trinajstić information content (AvgIpc) is 3.42. The van der Waals surface area contributed by atoms with Crippen molar-refractivity contribution in [2.75, 3.05) is 35.7 Å². The van der Waals surface area contributed by atoms with E-state index in [1.807, 2.05) is 19.9 Å². The molecule has 1 aromatic carbocycles. The van der Waals surface area contributed by atoms with Gasteiger partial charge in [-0.2, -0.15) is 4.98 Å². The van der Waals surface area contributed by atoms with Gasteiger partial charge in [-0.05, 0) is 66.0 Å². The molecule has 35 heavy (non-hydrogen) atoms. The standard InChI is InChI=1S/C26H34FN5O2S/c1-4-19-23(18-13-17(27)5-6-20(18)28-19)16-7-10-32(11-8-16)26-30-21-9-12-35(34)24(21)25(31-26)29-22(14-33)15(2)3/h5-6,13,15-16,22,28,33H,4,7-12,14H2,1-3H3,(H,29,30,31)/t22-,35?/m0/s1. The van der Waals surface area contributed by atoms with E-state index in [4.69, 9.17) is 9.97 Å². The van der Waals surface area contributed by atoms with E-state index >= 15 is 0 Å². The van der Waals surface area contributed by atoms with Gasteiger partial charge in [0.25, 0.3) is 0 Å². The number of nitrogens with one attached hydrogen (secondary N) is 2. The molecule has 0 saturated carbocycles. The number of aromatic nitrogens is 3. The van der Waals surface area contributed by atoms with Crippen LogP contribution in [0.15, 0.2) is 23.1 Å². The van der Waals surface area contributed by atoms with E-state index < -0.39 is 11.2 Å². The van der Waals surface area contributed by atoms with Crippen molar-refractivity contribution in [3.8, 4) is 0 Å². The van der Waals surface area contributed by atoms with Crippen LogP contribution in [0.2, 0.25) is 0 Å². The molecule has 2 atom stereocenters. The van der Waals surface area contributed by atoms with E-state index in [2.05, 4.69) is 22.1 Å². The Balaban J connectivity index is 1.40. The highest BCUT2D eigenvalue weighted by molar-refractivity contribution is 7.91. The second kappa shape index (κ2) is 9.95. The van der Waals surface area contributed by atoms with E-state index in [-0.39, 0.29) is 24.4 Å². The van der Waals surface area contributed by atoms with Gasteiger partial charge < -0.3 is 24.9 Å². The highest BCUT2D eigenvalue weighted by atomic mass is 32.2. The fourth-order valence-corrected chi connectivity index (χ4v) is 6.69. The Morgan fingerprint density at radius 3 is 2.74 bits per heavy atom. The van der Waals surface area contributed by atoms with Crippen molar-refractivity contribution in [1.29, 1.82) is 0 Å². The van der Waals surface area contributed by atoms with Gasteiger partial charge in [0, 0.05) is 36.1 Å². The molecule has 3 N–H and O–H groups in total. The quantitative estimate of drug-likeness (QED) is 0.423. The summed E-state index contributed by atoms with van der Waals surface area (Å²) in [6.07, 6.45) is 3.41. The zero-order chi connectivity index (χ0) is 24.7. The number of piperidine rings is 1. The van der Waals surface area contributed by atoms with Crippen LogP contribution in [0, 0.1) is 11.7 Å².